The van der Waals surface area contributed by atoms with Crippen LogP contribution in [0.4, 0.5) is 11.4 Å². The Morgan fingerprint density at radius 2 is 2.31 bits per heavy atom. The molecule has 0 fully saturated rings. The Morgan fingerprint density at radius 1 is 1.62 bits per heavy atom. The van der Waals surface area contributed by atoms with Gasteiger partial charge in [-0.1, -0.05) is 12.1 Å². The number of anilines is 1. The number of benzene rings is 1. The molecule has 4 nitrogen and oxygen atoms in total. The zero-order chi connectivity index (χ0) is 9.84. The van der Waals surface area contributed by atoms with Crippen LogP contribution in [0.1, 0.15) is 5.56 Å². The van der Waals surface area contributed by atoms with Crippen LogP contribution in [0, 0.1) is 10.1 Å². The number of hydrogen-bond acceptors (Lipinski definition) is 4. The van der Waals surface area contributed by atoms with Crippen LogP contribution in [0.5, 0.6) is 0 Å². The minimum Gasteiger partial charge on any atom is -0.393 e. The lowest BCUT2D eigenvalue weighted by molar-refractivity contribution is -0.383. The van der Waals surface area contributed by atoms with Gasteiger partial charge in [0.05, 0.1) is 4.92 Å². The molecule has 1 rings (SSSR count). The van der Waals surface area contributed by atoms with Crippen molar-refractivity contribution in [2.24, 2.45) is 0 Å². The number of para-hydroxylation sites is 1. The largest absolute Gasteiger partial charge is 0.393 e. The first-order valence-electron chi connectivity index (χ1n) is 3.67. The maximum Gasteiger partial charge on any atom is 0.292 e. The van der Waals surface area contributed by atoms with Crippen molar-refractivity contribution >= 4 is 23.1 Å². The maximum absolute atomic E-state index is 10.5. The first-order chi connectivity index (χ1) is 6.16. The van der Waals surface area contributed by atoms with Crippen LogP contribution in [0.15, 0.2) is 18.2 Å². The molecule has 0 aromatic heterocycles. The van der Waals surface area contributed by atoms with Crippen molar-refractivity contribution in [3.05, 3.63) is 33.9 Å². The minimum atomic E-state index is -0.459. The first kappa shape index (κ1) is 9.85. The highest BCUT2D eigenvalue weighted by molar-refractivity contribution is 7.97. The summed E-state index contributed by atoms with van der Waals surface area (Å²) in [6, 6.07) is 4.87. The first-order valence-corrected chi connectivity index (χ1v) is 5.07. The summed E-state index contributed by atoms with van der Waals surface area (Å²) in [7, 11) is 0. The number of thioether (sulfide) groups is 1. The van der Waals surface area contributed by atoms with Crippen molar-refractivity contribution in [1.29, 1.82) is 0 Å². The maximum atomic E-state index is 10.5. The summed E-state index contributed by atoms with van der Waals surface area (Å²) >= 11 is 1.59. The van der Waals surface area contributed by atoms with Crippen LogP contribution >= 0.6 is 11.8 Å². The molecule has 1 aromatic rings. The second-order valence-corrected chi connectivity index (χ2v) is 3.41. The zero-order valence-corrected chi connectivity index (χ0v) is 8.00. The van der Waals surface area contributed by atoms with Crippen LogP contribution in [-0.2, 0) is 5.75 Å². The summed E-state index contributed by atoms with van der Waals surface area (Å²) in [5.41, 5.74) is 6.71. The van der Waals surface area contributed by atoms with Crippen molar-refractivity contribution in [3.63, 3.8) is 0 Å². The molecule has 0 aliphatic rings. The van der Waals surface area contributed by atoms with Gasteiger partial charge in [0.1, 0.15) is 5.69 Å². The molecular weight excluding hydrogens is 188 g/mol. The molecule has 0 aliphatic carbocycles. The van der Waals surface area contributed by atoms with Gasteiger partial charge < -0.3 is 5.73 Å². The lowest BCUT2D eigenvalue weighted by Crippen LogP contribution is -1.99. The Labute approximate surface area is 80.3 Å². The molecule has 0 spiro atoms. The van der Waals surface area contributed by atoms with E-state index >= 15 is 0 Å². The predicted octanol–water partition coefficient (Wildman–Crippen LogP) is 2.04. The van der Waals surface area contributed by atoms with Crippen LogP contribution in [0.2, 0.25) is 0 Å². The standard InChI is InChI=1S/C8H10N2O2S/c1-13-5-6-3-2-4-7(8(6)9)10(11)12/h2-4H,5,9H2,1H3. The average molecular weight is 198 g/mol. The molecule has 0 amide bonds. The molecule has 0 bridgehead atoms. The Kier molecular flexibility index (Phi) is 3.13. The molecule has 0 saturated heterocycles. The van der Waals surface area contributed by atoms with E-state index in [2.05, 4.69) is 0 Å². The number of nitrogens with zero attached hydrogens (tertiary/aromatic N) is 1. The van der Waals surface area contributed by atoms with Crippen LogP contribution in [-0.4, -0.2) is 11.2 Å². The lowest BCUT2D eigenvalue weighted by atomic mass is 10.2. The van der Waals surface area contributed by atoms with E-state index in [1.807, 2.05) is 6.26 Å². The Balaban J connectivity index is 3.10. The minimum absolute atomic E-state index is 0.00782. The molecule has 2 N–H and O–H groups in total. The summed E-state index contributed by atoms with van der Waals surface area (Å²) in [4.78, 5) is 10.0. The van der Waals surface area contributed by atoms with E-state index in [1.54, 1.807) is 23.9 Å². The number of hydrogen-bond donors (Lipinski definition) is 1. The van der Waals surface area contributed by atoms with E-state index in [-0.39, 0.29) is 11.4 Å². The van der Waals surface area contributed by atoms with Gasteiger partial charge >= 0.3 is 0 Å². The number of nitrogen functional groups attached to an aromatic ring is 1. The Hall–Kier alpha value is -1.23. The van der Waals surface area contributed by atoms with E-state index in [9.17, 15) is 10.1 Å². The van der Waals surface area contributed by atoms with Gasteiger partial charge in [-0.25, -0.2) is 0 Å². The van der Waals surface area contributed by atoms with Gasteiger partial charge in [0.15, 0.2) is 0 Å². The summed E-state index contributed by atoms with van der Waals surface area (Å²) in [6.45, 7) is 0. The van der Waals surface area contributed by atoms with E-state index in [1.165, 1.54) is 6.07 Å². The highest BCUT2D eigenvalue weighted by Crippen LogP contribution is 2.26. The van der Waals surface area contributed by atoms with E-state index in [0.29, 0.717) is 5.75 Å². The van der Waals surface area contributed by atoms with E-state index in [0.717, 1.165) is 5.56 Å². The Morgan fingerprint density at radius 3 is 2.85 bits per heavy atom. The predicted molar refractivity (Wildman–Crippen MR) is 54.7 cm³/mol. The van der Waals surface area contributed by atoms with Gasteiger partial charge in [-0.05, 0) is 11.8 Å². The third-order valence-electron chi connectivity index (χ3n) is 1.67. The number of nitro benzene ring substituents is 1. The molecule has 0 radical (unpaired) electrons. The van der Waals surface area contributed by atoms with Crippen molar-refractivity contribution in [3.8, 4) is 0 Å². The topological polar surface area (TPSA) is 69.2 Å². The Bertz CT molecular complexity index is 328. The van der Waals surface area contributed by atoms with Gasteiger partial charge in [0, 0.05) is 11.8 Å². The van der Waals surface area contributed by atoms with Crippen molar-refractivity contribution in [1.82, 2.24) is 0 Å². The number of nitro groups is 1. The fourth-order valence-corrected chi connectivity index (χ4v) is 1.60. The monoisotopic (exact) mass is 198 g/mol. The highest BCUT2D eigenvalue weighted by Gasteiger charge is 2.13. The summed E-state index contributed by atoms with van der Waals surface area (Å²) in [5, 5.41) is 10.5. The molecule has 0 aliphatic heterocycles. The molecule has 70 valence electrons. The highest BCUT2D eigenvalue weighted by atomic mass is 32.2. The molecule has 0 saturated carbocycles. The molecule has 0 unspecified atom stereocenters. The molecule has 5 heteroatoms. The second-order valence-electron chi connectivity index (χ2n) is 2.54. The normalized spacial score (nSPS) is 9.92. The van der Waals surface area contributed by atoms with Crippen LogP contribution < -0.4 is 5.73 Å². The van der Waals surface area contributed by atoms with E-state index in [4.69, 9.17) is 5.73 Å². The van der Waals surface area contributed by atoms with Gasteiger partial charge in [-0.2, -0.15) is 11.8 Å². The smallest absolute Gasteiger partial charge is 0.292 e. The quantitative estimate of drug-likeness (QED) is 0.458. The van der Waals surface area contributed by atoms with Gasteiger partial charge in [-0.3, -0.25) is 10.1 Å². The molecular formula is C8H10N2O2S. The van der Waals surface area contributed by atoms with Crippen molar-refractivity contribution in [2.75, 3.05) is 12.0 Å². The van der Waals surface area contributed by atoms with Gasteiger partial charge in [0.2, 0.25) is 0 Å². The number of nitrogens with two attached hydrogens (primary N) is 1. The number of rotatable bonds is 3. The van der Waals surface area contributed by atoms with Crippen LogP contribution in [0.25, 0.3) is 0 Å². The lowest BCUT2D eigenvalue weighted by Gasteiger charge is -2.03. The molecule has 1 aromatic carbocycles. The fourth-order valence-electron chi connectivity index (χ4n) is 1.04. The van der Waals surface area contributed by atoms with Crippen molar-refractivity contribution < 1.29 is 4.92 Å². The third kappa shape index (κ3) is 2.12. The molecule has 13 heavy (non-hydrogen) atoms. The fraction of sp³-hybridized carbons (Fsp3) is 0.250. The average Bonchev–Trinajstić information content (AvgIpc) is 2.08. The third-order valence-corrected chi connectivity index (χ3v) is 2.27. The van der Waals surface area contributed by atoms with Crippen LogP contribution in [0.3, 0.4) is 0 Å². The molecule has 0 atom stereocenters. The van der Waals surface area contributed by atoms with Gasteiger partial charge in [0.25, 0.3) is 5.69 Å². The van der Waals surface area contributed by atoms with Crippen molar-refractivity contribution in [2.45, 2.75) is 5.75 Å². The summed E-state index contributed by atoms with van der Waals surface area (Å²) in [6.07, 6.45) is 1.93. The molecule has 0 heterocycles. The summed E-state index contributed by atoms with van der Waals surface area (Å²) < 4.78 is 0. The zero-order valence-electron chi connectivity index (χ0n) is 7.19. The second kappa shape index (κ2) is 4.13. The SMILES string of the molecule is CSCc1cccc([N+](=O)[O-])c1N. The summed E-state index contributed by atoms with van der Waals surface area (Å²) in [5.74, 6) is 0.702. The van der Waals surface area contributed by atoms with Gasteiger partial charge in [-0.15, -0.1) is 0 Å². The van der Waals surface area contributed by atoms with E-state index < -0.39 is 4.92 Å².